The van der Waals surface area contributed by atoms with Gasteiger partial charge in [0.25, 0.3) is 0 Å². The first-order chi connectivity index (χ1) is 7.51. The Kier molecular flexibility index (Phi) is 4.89. The average Bonchev–Trinajstić information content (AvgIpc) is 2.75. The maximum atomic E-state index is 5.43. The third kappa shape index (κ3) is 3.27. The molecule has 16 heavy (non-hydrogen) atoms. The van der Waals surface area contributed by atoms with Crippen LogP contribution in [-0.4, -0.2) is 25.2 Å². The van der Waals surface area contributed by atoms with Gasteiger partial charge in [-0.3, -0.25) is 0 Å². The molecule has 3 nitrogen and oxygen atoms in total. The first-order valence-corrected chi connectivity index (χ1v) is 6.61. The fourth-order valence-electron chi connectivity index (χ4n) is 1.34. The van der Waals surface area contributed by atoms with Gasteiger partial charge in [0.1, 0.15) is 10.6 Å². The summed E-state index contributed by atoms with van der Waals surface area (Å²) in [6.45, 7) is 10.4. The van der Waals surface area contributed by atoms with E-state index in [2.05, 4.69) is 29.5 Å². The number of likely N-dealkylation sites (N-methyl/N-ethyl adjacent to an activating group) is 1. The fourth-order valence-corrected chi connectivity index (χ4v) is 2.38. The molecule has 0 spiro atoms. The minimum atomic E-state index is -0.277. The van der Waals surface area contributed by atoms with Crippen LogP contribution in [0.15, 0.2) is 5.38 Å². The van der Waals surface area contributed by atoms with Crippen molar-refractivity contribution in [2.45, 2.75) is 39.2 Å². The lowest BCUT2D eigenvalue weighted by Crippen LogP contribution is -2.21. The average molecular weight is 242 g/mol. The van der Waals surface area contributed by atoms with E-state index in [0.29, 0.717) is 5.92 Å². The van der Waals surface area contributed by atoms with E-state index >= 15 is 0 Å². The molecule has 1 aromatic rings. The number of thiazole rings is 1. The Morgan fingerprint density at radius 3 is 2.81 bits per heavy atom. The topological polar surface area (TPSA) is 34.1 Å². The molecule has 0 aliphatic carbocycles. The molecule has 1 heterocycles. The summed E-state index contributed by atoms with van der Waals surface area (Å²) in [5.41, 5.74) is 0.881. The van der Waals surface area contributed by atoms with E-state index in [9.17, 15) is 0 Å². The zero-order chi connectivity index (χ0) is 12.2. The SMILES string of the molecule is CCNCC(C)c1csc(C(C)(C)OC)n1. The Morgan fingerprint density at radius 1 is 1.56 bits per heavy atom. The van der Waals surface area contributed by atoms with Crippen LogP contribution in [-0.2, 0) is 10.3 Å². The highest BCUT2D eigenvalue weighted by Gasteiger charge is 2.24. The highest BCUT2D eigenvalue weighted by Crippen LogP contribution is 2.29. The van der Waals surface area contributed by atoms with Gasteiger partial charge in [0.15, 0.2) is 0 Å². The van der Waals surface area contributed by atoms with Crippen LogP contribution in [0.4, 0.5) is 0 Å². The molecule has 1 unspecified atom stereocenters. The molecule has 4 heteroatoms. The van der Waals surface area contributed by atoms with Crippen LogP contribution in [0, 0.1) is 0 Å². The number of hydrogen-bond donors (Lipinski definition) is 1. The standard InChI is InChI=1S/C12H22N2OS/c1-6-13-7-9(2)10-8-16-11(14-10)12(3,4)15-5/h8-9,13H,6-7H2,1-5H3. The van der Waals surface area contributed by atoms with Crippen molar-refractivity contribution in [2.24, 2.45) is 0 Å². The molecule has 0 aliphatic heterocycles. The fraction of sp³-hybridized carbons (Fsp3) is 0.750. The molecule has 0 amide bonds. The van der Waals surface area contributed by atoms with Crippen molar-refractivity contribution in [3.63, 3.8) is 0 Å². The number of rotatable bonds is 6. The van der Waals surface area contributed by atoms with Crippen LogP contribution < -0.4 is 5.32 Å². The predicted molar refractivity (Wildman–Crippen MR) is 69.1 cm³/mol. The van der Waals surface area contributed by atoms with Crippen molar-refractivity contribution >= 4 is 11.3 Å². The Balaban J connectivity index is 2.71. The van der Waals surface area contributed by atoms with E-state index in [1.807, 2.05) is 13.8 Å². The van der Waals surface area contributed by atoms with Crippen molar-refractivity contribution in [2.75, 3.05) is 20.2 Å². The maximum absolute atomic E-state index is 5.43. The van der Waals surface area contributed by atoms with Crippen LogP contribution >= 0.6 is 11.3 Å². The lowest BCUT2D eigenvalue weighted by atomic mass is 10.1. The van der Waals surface area contributed by atoms with E-state index in [1.54, 1.807) is 18.4 Å². The number of aromatic nitrogens is 1. The highest BCUT2D eigenvalue weighted by molar-refractivity contribution is 7.09. The first-order valence-electron chi connectivity index (χ1n) is 5.73. The van der Waals surface area contributed by atoms with Gasteiger partial charge in [-0.2, -0.15) is 0 Å². The van der Waals surface area contributed by atoms with E-state index in [0.717, 1.165) is 23.8 Å². The molecular formula is C12H22N2OS. The Bertz CT molecular complexity index is 323. The van der Waals surface area contributed by atoms with E-state index in [4.69, 9.17) is 4.74 Å². The van der Waals surface area contributed by atoms with Crippen LogP contribution in [0.1, 0.15) is 44.3 Å². The summed E-state index contributed by atoms with van der Waals surface area (Å²) < 4.78 is 5.43. The molecule has 0 aliphatic rings. The van der Waals surface area contributed by atoms with Crippen molar-refractivity contribution in [3.05, 3.63) is 16.1 Å². The Hall–Kier alpha value is -0.450. The number of hydrogen-bond acceptors (Lipinski definition) is 4. The lowest BCUT2D eigenvalue weighted by molar-refractivity contribution is 0.0189. The zero-order valence-electron chi connectivity index (χ0n) is 10.8. The van der Waals surface area contributed by atoms with E-state index in [1.165, 1.54) is 0 Å². The molecule has 0 aromatic carbocycles. The summed E-state index contributed by atoms with van der Waals surface area (Å²) in [7, 11) is 1.73. The number of nitrogens with zero attached hydrogens (tertiary/aromatic N) is 1. The maximum Gasteiger partial charge on any atom is 0.124 e. The van der Waals surface area contributed by atoms with Crippen LogP contribution in [0.25, 0.3) is 0 Å². The molecule has 1 rings (SSSR count). The van der Waals surface area contributed by atoms with Gasteiger partial charge in [0.2, 0.25) is 0 Å². The summed E-state index contributed by atoms with van der Waals surface area (Å²) >= 11 is 1.68. The van der Waals surface area contributed by atoms with Gasteiger partial charge >= 0.3 is 0 Å². The summed E-state index contributed by atoms with van der Waals surface area (Å²) in [6, 6.07) is 0. The number of ether oxygens (including phenoxy) is 1. The largest absolute Gasteiger partial charge is 0.372 e. The summed E-state index contributed by atoms with van der Waals surface area (Å²) in [5, 5.41) is 6.53. The van der Waals surface area contributed by atoms with Crippen LogP contribution in [0.2, 0.25) is 0 Å². The quantitative estimate of drug-likeness (QED) is 0.833. The molecule has 0 radical (unpaired) electrons. The Labute approximate surface area is 102 Å². The van der Waals surface area contributed by atoms with Crippen molar-refractivity contribution in [1.82, 2.24) is 10.3 Å². The predicted octanol–water partition coefficient (Wildman–Crippen LogP) is 2.74. The van der Waals surface area contributed by atoms with Gasteiger partial charge in [-0.25, -0.2) is 4.98 Å². The second kappa shape index (κ2) is 5.75. The molecular weight excluding hydrogens is 220 g/mol. The number of nitrogens with one attached hydrogen (secondary N) is 1. The molecule has 0 saturated carbocycles. The zero-order valence-corrected chi connectivity index (χ0v) is 11.6. The monoisotopic (exact) mass is 242 g/mol. The van der Waals surface area contributed by atoms with Gasteiger partial charge in [-0.1, -0.05) is 13.8 Å². The third-order valence-electron chi connectivity index (χ3n) is 2.75. The molecule has 0 bridgehead atoms. The summed E-state index contributed by atoms with van der Waals surface area (Å²) in [5.74, 6) is 0.456. The first kappa shape index (κ1) is 13.6. The van der Waals surface area contributed by atoms with E-state index < -0.39 is 0 Å². The van der Waals surface area contributed by atoms with Crippen molar-refractivity contribution in [3.8, 4) is 0 Å². The molecule has 0 saturated heterocycles. The molecule has 92 valence electrons. The second-order valence-corrected chi connectivity index (χ2v) is 5.36. The van der Waals surface area contributed by atoms with Gasteiger partial charge in [-0.05, 0) is 20.4 Å². The molecule has 1 aromatic heterocycles. The van der Waals surface area contributed by atoms with Gasteiger partial charge in [0.05, 0.1) is 5.69 Å². The van der Waals surface area contributed by atoms with Gasteiger partial charge in [0, 0.05) is 25.0 Å². The van der Waals surface area contributed by atoms with Crippen LogP contribution in [0.3, 0.4) is 0 Å². The Morgan fingerprint density at radius 2 is 2.25 bits per heavy atom. The summed E-state index contributed by atoms with van der Waals surface area (Å²) in [4.78, 5) is 4.66. The molecule has 1 N–H and O–H groups in total. The van der Waals surface area contributed by atoms with Crippen LogP contribution in [0.5, 0.6) is 0 Å². The molecule has 0 fully saturated rings. The minimum Gasteiger partial charge on any atom is -0.372 e. The summed E-state index contributed by atoms with van der Waals surface area (Å²) in [6.07, 6.45) is 0. The van der Waals surface area contributed by atoms with E-state index in [-0.39, 0.29) is 5.60 Å². The smallest absolute Gasteiger partial charge is 0.124 e. The molecule has 1 atom stereocenters. The second-order valence-electron chi connectivity index (χ2n) is 4.50. The normalized spacial score (nSPS) is 14.1. The minimum absolute atomic E-state index is 0.277. The van der Waals surface area contributed by atoms with Gasteiger partial charge in [-0.15, -0.1) is 11.3 Å². The van der Waals surface area contributed by atoms with Crippen molar-refractivity contribution in [1.29, 1.82) is 0 Å². The van der Waals surface area contributed by atoms with Gasteiger partial charge < -0.3 is 10.1 Å². The lowest BCUT2D eigenvalue weighted by Gasteiger charge is -2.19. The third-order valence-corrected chi connectivity index (χ3v) is 3.92. The van der Waals surface area contributed by atoms with Crippen molar-refractivity contribution < 1.29 is 4.74 Å². The highest BCUT2D eigenvalue weighted by atomic mass is 32.1. The number of methoxy groups -OCH3 is 1.